The lowest BCUT2D eigenvalue weighted by atomic mass is 10.0. The molecule has 0 aromatic heterocycles. The van der Waals surface area contributed by atoms with E-state index < -0.39 is 21.5 Å². The molecule has 0 fully saturated rings. The molecule has 7 nitrogen and oxygen atoms in total. The number of carbonyl (C=O) groups is 1. The minimum Gasteiger partial charge on any atom is -0.497 e. The summed E-state index contributed by atoms with van der Waals surface area (Å²) in [5.74, 6) is -0.520. The molecule has 2 N–H and O–H groups in total. The van der Waals surface area contributed by atoms with Crippen molar-refractivity contribution < 1.29 is 27.8 Å². The van der Waals surface area contributed by atoms with Crippen LogP contribution < -0.4 is 14.2 Å². The summed E-state index contributed by atoms with van der Waals surface area (Å²) in [6.07, 6.45) is -0.343. The number of carboxylic acid groups (broad SMARTS) is 1. The highest BCUT2D eigenvalue weighted by atomic mass is 32.2. The molecular weight excluding hydrogens is 298 g/mol. The van der Waals surface area contributed by atoms with Gasteiger partial charge in [0, 0.05) is 11.6 Å². The van der Waals surface area contributed by atoms with Crippen molar-refractivity contribution in [3.8, 4) is 11.5 Å². The van der Waals surface area contributed by atoms with E-state index in [9.17, 15) is 13.2 Å². The molecule has 0 saturated carbocycles. The van der Waals surface area contributed by atoms with Gasteiger partial charge >= 0.3 is 5.97 Å². The third-order valence-electron chi connectivity index (χ3n) is 2.66. The summed E-state index contributed by atoms with van der Waals surface area (Å²) in [6, 6.07) is 4.27. The Bertz CT molecular complexity index is 624. The molecule has 1 aromatic rings. The summed E-state index contributed by atoms with van der Waals surface area (Å²) in [5, 5.41) is 8.81. The number of hydrogen-bond acceptors (Lipinski definition) is 5. The zero-order valence-corrected chi connectivity index (χ0v) is 13.2. The first kappa shape index (κ1) is 17.3. The maximum atomic E-state index is 12.4. The lowest BCUT2D eigenvalue weighted by Crippen LogP contribution is -2.44. The van der Waals surface area contributed by atoms with E-state index in [1.54, 1.807) is 0 Å². The Morgan fingerprint density at radius 2 is 1.90 bits per heavy atom. The quantitative estimate of drug-likeness (QED) is 0.784. The average molecular weight is 317 g/mol. The zero-order chi connectivity index (χ0) is 16.3. The summed E-state index contributed by atoms with van der Waals surface area (Å²) >= 11 is 0. The van der Waals surface area contributed by atoms with Crippen molar-refractivity contribution in [1.82, 2.24) is 4.72 Å². The van der Waals surface area contributed by atoms with Gasteiger partial charge in [0.05, 0.1) is 20.6 Å². The van der Waals surface area contributed by atoms with Crippen LogP contribution >= 0.6 is 0 Å². The molecule has 0 heterocycles. The van der Waals surface area contributed by atoms with Crippen LogP contribution in [0.1, 0.15) is 20.3 Å². The van der Waals surface area contributed by atoms with Crippen molar-refractivity contribution >= 4 is 16.0 Å². The van der Waals surface area contributed by atoms with Crippen molar-refractivity contribution in [1.29, 1.82) is 0 Å². The van der Waals surface area contributed by atoms with E-state index in [1.807, 2.05) is 0 Å². The maximum Gasteiger partial charge on any atom is 0.305 e. The van der Waals surface area contributed by atoms with Crippen LogP contribution in [-0.4, -0.2) is 39.3 Å². The van der Waals surface area contributed by atoms with Crippen molar-refractivity contribution in [2.45, 2.75) is 30.7 Å². The van der Waals surface area contributed by atoms with Gasteiger partial charge in [0.1, 0.15) is 16.4 Å². The molecule has 0 aliphatic heterocycles. The van der Waals surface area contributed by atoms with Crippen LogP contribution in [0.2, 0.25) is 0 Å². The second-order valence-electron chi connectivity index (χ2n) is 5.08. The predicted molar refractivity (Wildman–Crippen MR) is 76.2 cm³/mol. The largest absolute Gasteiger partial charge is 0.497 e. The van der Waals surface area contributed by atoms with Gasteiger partial charge in [0.2, 0.25) is 10.0 Å². The number of ether oxygens (including phenoxy) is 2. The fourth-order valence-electron chi connectivity index (χ4n) is 1.83. The molecule has 0 aliphatic rings. The highest BCUT2D eigenvalue weighted by Gasteiger charge is 2.30. The fraction of sp³-hybridized carbons (Fsp3) is 0.462. The highest BCUT2D eigenvalue weighted by molar-refractivity contribution is 7.89. The lowest BCUT2D eigenvalue weighted by molar-refractivity contribution is -0.138. The van der Waals surface area contributed by atoms with E-state index in [-0.39, 0.29) is 17.1 Å². The van der Waals surface area contributed by atoms with Crippen LogP contribution in [0.4, 0.5) is 0 Å². The smallest absolute Gasteiger partial charge is 0.305 e. The van der Waals surface area contributed by atoms with Crippen molar-refractivity contribution in [2.24, 2.45) is 0 Å². The van der Waals surface area contributed by atoms with Crippen LogP contribution in [0.3, 0.4) is 0 Å². The van der Waals surface area contributed by atoms with E-state index in [2.05, 4.69) is 4.72 Å². The minimum atomic E-state index is -3.93. The third kappa shape index (κ3) is 4.61. The Balaban J connectivity index is 3.16. The normalized spacial score (nSPS) is 12.0. The number of methoxy groups -OCH3 is 2. The van der Waals surface area contributed by atoms with Crippen LogP contribution in [-0.2, 0) is 14.8 Å². The molecule has 21 heavy (non-hydrogen) atoms. The topological polar surface area (TPSA) is 102 Å². The number of nitrogens with one attached hydrogen (secondary N) is 1. The Morgan fingerprint density at radius 1 is 1.29 bits per heavy atom. The first-order chi connectivity index (χ1) is 9.61. The second kappa shape index (κ2) is 6.31. The molecule has 8 heteroatoms. The van der Waals surface area contributed by atoms with Crippen molar-refractivity contribution in [3.63, 3.8) is 0 Å². The predicted octanol–water partition coefficient (Wildman–Crippen LogP) is 1.24. The number of rotatable bonds is 7. The first-order valence-electron chi connectivity index (χ1n) is 6.09. The Morgan fingerprint density at radius 3 is 2.38 bits per heavy atom. The van der Waals surface area contributed by atoms with Gasteiger partial charge in [-0.1, -0.05) is 0 Å². The standard InChI is InChI=1S/C13H19NO6S/c1-13(2,8-12(15)16)14-21(17,18)11-6-5-9(19-3)7-10(11)20-4/h5-7,14H,8H2,1-4H3,(H,15,16). The van der Waals surface area contributed by atoms with Gasteiger partial charge in [-0.3, -0.25) is 4.79 Å². The molecule has 0 radical (unpaired) electrons. The summed E-state index contributed by atoms with van der Waals surface area (Å²) < 4.78 is 37.2. The van der Waals surface area contributed by atoms with Crippen molar-refractivity contribution in [3.05, 3.63) is 18.2 Å². The van der Waals surface area contributed by atoms with Gasteiger partial charge in [-0.15, -0.1) is 0 Å². The number of aliphatic carboxylic acids is 1. The summed E-state index contributed by atoms with van der Waals surface area (Å²) in [4.78, 5) is 10.7. The van der Waals surface area contributed by atoms with E-state index in [0.29, 0.717) is 5.75 Å². The van der Waals surface area contributed by atoms with Gasteiger partial charge in [-0.25, -0.2) is 13.1 Å². The molecule has 0 atom stereocenters. The van der Waals surface area contributed by atoms with Crippen LogP contribution in [0.15, 0.2) is 23.1 Å². The maximum absolute atomic E-state index is 12.4. The highest BCUT2D eigenvalue weighted by Crippen LogP contribution is 2.29. The summed E-state index contributed by atoms with van der Waals surface area (Å²) in [7, 11) is -1.13. The van der Waals surface area contributed by atoms with Gasteiger partial charge in [-0.05, 0) is 26.0 Å². The molecular formula is C13H19NO6S. The molecule has 0 unspecified atom stereocenters. The van der Waals surface area contributed by atoms with E-state index >= 15 is 0 Å². The van der Waals surface area contributed by atoms with Crippen molar-refractivity contribution in [2.75, 3.05) is 14.2 Å². The SMILES string of the molecule is COc1ccc(S(=O)(=O)NC(C)(C)CC(=O)O)c(OC)c1. The second-order valence-corrected chi connectivity index (χ2v) is 6.73. The Labute approximate surface area is 123 Å². The van der Waals surface area contributed by atoms with Gasteiger partial charge in [0.25, 0.3) is 0 Å². The summed E-state index contributed by atoms with van der Waals surface area (Å²) in [6.45, 7) is 2.99. The fourth-order valence-corrected chi connectivity index (χ4v) is 3.39. The monoisotopic (exact) mass is 317 g/mol. The number of sulfonamides is 1. The molecule has 0 saturated heterocycles. The third-order valence-corrected chi connectivity index (χ3v) is 4.40. The van der Waals surface area contributed by atoms with Crippen LogP contribution in [0.25, 0.3) is 0 Å². The molecule has 118 valence electrons. The summed E-state index contributed by atoms with van der Waals surface area (Å²) in [5.41, 5.74) is -1.13. The van der Waals surface area contributed by atoms with Gasteiger partial charge in [0.15, 0.2) is 0 Å². The average Bonchev–Trinajstić information content (AvgIpc) is 2.34. The molecule has 1 aromatic carbocycles. The van der Waals surface area contributed by atoms with Gasteiger partial charge in [-0.2, -0.15) is 0 Å². The molecule has 0 bridgehead atoms. The Kier molecular flexibility index (Phi) is 5.19. The molecule has 0 aliphatic carbocycles. The first-order valence-corrected chi connectivity index (χ1v) is 7.57. The number of carboxylic acids is 1. The number of hydrogen-bond donors (Lipinski definition) is 2. The molecule has 0 spiro atoms. The van der Waals surface area contributed by atoms with Gasteiger partial charge < -0.3 is 14.6 Å². The minimum absolute atomic E-state index is 0.0794. The molecule has 0 amide bonds. The van der Waals surface area contributed by atoms with E-state index in [4.69, 9.17) is 14.6 Å². The Hall–Kier alpha value is -1.80. The van der Waals surface area contributed by atoms with E-state index in [0.717, 1.165) is 0 Å². The molecule has 1 rings (SSSR count). The zero-order valence-electron chi connectivity index (χ0n) is 12.3. The number of benzene rings is 1. The van der Waals surface area contributed by atoms with Crippen LogP contribution in [0.5, 0.6) is 11.5 Å². The van der Waals surface area contributed by atoms with Crippen LogP contribution in [0, 0.1) is 0 Å². The van der Waals surface area contributed by atoms with E-state index in [1.165, 1.54) is 46.3 Å². The lowest BCUT2D eigenvalue weighted by Gasteiger charge is -2.24.